The van der Waals surface area contributed by atoms with Crippen molar-refractivity contribution in [3.8, 4) is 0 Å². The highest BCUT2D eigenvalue weighted by molar-refractivity contribution is 7.87. The Morgan fingerprint density at radius 2 is 2.00 bits per heavy atom. The summed E-state index contributed by atoms with van der Waals surface area (Å²) in [6, 6.07) is 7.97. The number of para-hydroxylation sites is 1. The average molecular weight is 267 g/mol. The molecule has 0 saturated heterocycles. The second-order valence-corrected chi connectivity index (χ2v) is 5.59. The summed E-state index contributed by atoms with van der Waals surface area (Å²) >= 11 is 0. The van der Waals surface area contributed by atoms with E-state index < -0.39 is 10.2 Å². The largest absolute Gasteiger partial charge is 0.361 e. The summed E-state index contributed by atoms with van der Waals surface area (Å²) in [7, 11) is -3.35. The second-order valence-electron chi connectivity index (χ2n) is 4.01. The van der Waals surface area contributed by atoms with Crippen molar-refractivity contribution >= 4 is 21.1 Å². The minimum atomic E-state index is -3.35. The summed E-state index contributed by atoms with van der Waals surface area (Å²) in [6.07, 6.45) is 2.58. The van der Waals surface area contributed by atoms with Gasteiger partial charge in [-0.25, -0.2) is 9.44 Å². The molecule has 1 aromatic carbocycles. The maximum absolute atomic E-state index is 11.4. The summed E-state index contributed by atoms with van der Waals surface area (Å²) < 4.78 is 27.7. The number of aromatic nitrogens is 1. The fourth-order valence-electron chi connectivity index (χ4n) is 1.90. The number of hydrogen-bond donors (Lipinski definition) is 3. The van der Waals surface area contributed by atoms with Crippen molar-refractivity contribution in [2.45, 2.75) is 13.3 Å². The Kier molecular flexibility index (Phi) is 4.00. The molecule has 1 aromatic heterocycles. The minimum Gasteiger partial charge on any atom is -0.361 e. The Hall–Kier alpha value is -1.37. The Morgan fingerprint density at radius 1 is 1.22 bits per heavy atom. The molecule has 3 N–H and O–H groups in total. The van der Waals surface area contributed by atoms with Gasteiger partial charge in [-0.05, 0) is 18.1 Å². The third-order valence-electron chi connectivity index (χ3n) is 2.70. The molecule has 0 fully saturated rings. The van der Waals surface area contributed by atoms with Gasteiger partial charge in [0.15, 0.2) is 0 Å². The standard InChI is InChI=1S/C12H17N3O2S/c1-2-14-18(16,17)15-8-7-10-9-13-12-6-4-3-5-11(10)12/h3-6,9,13-15H,2,7-8H2,1H3. The lowest BCUT2D eigenvalue weighted by Crippen LogP contribution is -2.37. The van der Waals surface area contributed by atoms with E-state index in [0.717, 1.165) is 16.5 Å². The highest BCUT2D eigenvalue weighted by Gasteiger charge is 2.07. The molecule has 0 unspecified atom stereocenters. The SMILES string of the molecule is CCNS(=O)(=O)NCCc1c[nH]c2ccccc12. The van der Waals surface area contributed by atoms with Crippen LogP contribution in [0.3, 0.4) is 0 Å². The van der Waals surface area contributed by atoms with E-state index in [-0.39, 0.29) is 0 Å². The Labute approximate surface area is 107 Å². The van der Waals surface area contributed by atoms with Crippen LogP contribution in [-0.4, -0.2) is 26.5 Å². The predicted octanol–water partition coefficient (Wildman–Crippen LogP) is 1.15. The smallest absolute Gasteiger partial charge is 0.276 e. The number of aromatic amines is 1. The zero-order chi connectivity index (χ0) is 13.0. The Morgan fingerprint density at radius 3 is 2.78 bits per heavy atom. The van der Waals surface area contributed by atoms with Gasteiger partial charge in [0.25, 0.3) is 10.2 Å². The zero-order valence-corrected chi connectivity index (χ0v) is 11.0. The zero-order valence-electron chi connectivity index (χ0n) is 10.2. The van der Waals surface area contributed by atoms with Gasteiger partial charge in [0.2, 0.25) is 0 Å². The monoisotopic (exact) mass is 267 g/mol. The lowest BCUT2D eigenvalue weighted by molar-refractivity contribution is 0.569. The van der Waals surface area contributed by atoms with E-state index in [9.17, 15) is 8.42 Å². The molecule has 0 spiro atoms. The Balaban J connectivity index is 1.99. The Bertz CT molecular complexity index is 619. The van der Waals surface area contributed by atoms with Gasteiger partial charge in [0, 0.05) is 30.2 Å². The molecular weight excluding hydrogens is 250 g/mol. The van der Waals surface area contributed by atoms with Crippen molar-refractivity contribution in [3.63, 3.8) is 0 Å². The fourth-order valence-corrected chi connectivity index (χ4v) is 2.75. The van der Waals surface area contributed by atoms with Crippen molar-refractivity contribution in [1.82, 2.24) is 14.4 Å². The number of fused-ring (bicyclic) bond motifs is 1. The molecule has 2 aromatic rings. The fraction of sp³-hybridized carbons (Fsp3) is 0.333. The number of rotatable bonds is 6. The third-order valence-corrected chi connectivity index (χ3v) is 3.95. The van der Waals surface area contributed by atoms with Crippen LogP contribution in [0, 0.1) is 0 Å². The molecule has 1 heterocycles. The van der Waals surface area contributed by atoms with Crippen molar-refractivity contribution in [2.75, 3.05) is 13.1 Å². The van der Waals surface area contributed by atoms with Crippen LogP contribution in [0.4, 0.5) is 0 Å². The summed E-state index contributed by atoms with van der Waals surface area (Å²) in [5, 5.41) is 1.14. The first-order valence-electron chi connectivity index (χ1n) is 5.91. The molecule has 0 aliphatic heterocycles. The molecule has 0 radical (unpaired) electrons. The van der Waals surface area contributed by atoms with Crippen LogP contribution in [0.15, 0.2) is 30.5 Å². The van der Waals surface area contributed by atoms with E-state index in [2.05, 4.69) is 14.4 Å². The molecule has 6 heteroatoms. The predicted molar refractivity (Wildman–Crippen MR) is 72.6 cm³/mol. The first-order valence-corrected chi connectivity index (χ1v) is 7.40. The highest BCUT2D eigenvalue weighted by Crippen LogP contribution is 2.17. The van der Waals surface area contributed by atoms with E-state index >= 15 is 0 Å². The molecule has 5 nitrogen and oxygen atoms in total. The molecule has 0 saturated carbocycles. The van der Waals surface area contributed by atoms with Gasteiger partial charge in [-0.2, -0.15) is 8.42 Å². The summed E-state index contributed by atoms with van der Waals surface area (Å²) in [5.74, 6) is 0. The van der Waals surface area contributed by atoms with Crippen molar-refractivity contribution < 1.29 is 8.42 Å². The van der Waals surface area contributed by atoms with E-state index in [1.165, 1.54) is 0 Å². The molecule has 0 amide bonds. The second kappa shape index (κ2) is 5.51. The normalized spacial score (nSPS) is 12.1. The lowest BCUT2D eigenvalue weighted by atomic mass is 10.1. The molecule has 0 aliphatic carbocycles. The average Bonchev–Trinajstić information content (AvgIpc) is 2.73. The van der Waals surface area contributed by atoms with Crippen LogP contribution >= 0.6 is 0 Å². The van der Waals surface area contributed by atoms with Crippen LogP contribution in [0.2, 0.25) is 0 Å². The van der Waals surface area contributed by atoms with Crippen LogP contribution in [-0.2, 0) is 16.6 Å². The van der Waals surface area contributed by atoms with Crippen molar-refractivity contribution in [2.24, 2.45) is 0 Å². The van der Waals surface area contributed by atoms with Gasteiger partial charge >= 0.3 is 0 Å². The van der Waals surface area contributed by atoms with Crippen LogP contribution in [0.5, 0.6) is 0 Å². The first kappa shape index (κ1) is 13.1. The lowest BCUT2D eigenvalue weighted by Gasteiger charge is -2.05. The number of nitrogens with one attached hydrogen (secondary N) is 3. The maximum Gasteiger partial charge on any atom is 0.276 e. The number of benzene rings is 1. The van der Waals surface area contributed by atoms with Crippen LogP contribution in [0.1, 0.15) is 12.5 Å². The van der Waals surface area contributed by atoms with E-state index in [1.54, 1.807) is 6.92 Å². The van der Waals surface area contributed by atoms with Crippen molar-refractivity contribution in [3.05, 3.63) is 36.0 Å². The van der Waals surface area contributed by atoms with Gasteiger partial charge in [-0.3, -0.25) is 0 Å². The van der Waals surface area contributed by atoms with Crippen LogP contribution < -0.4 is 9.44 Å². The molecule has 2 rings (SSSR count). The molecule has 0 atom stereocenters. The van der Waals surface area contributed by atoms with E-state index in [0.29, 0.717) is 19.5 Å². The summed E-state index contributed by atoms with van der Waals surface area (Å²) in [5.41, 5.74) is 2.19. The molecule has 98 valence electrons. The van der Waals surface area contributed by atoms with E-state index in [4.69, 9.17) is 0 Å². The van der Waals surface area contributed by atoms with Gasteiger partial charge in [0.1, 0.15) is 0 Å². The van der Waals surface area contributed by atoms with Crippen LogP contribution in [0.25, 0.3) is 10.9 Å². The molecule has 18 heavy (non-hydrogen) atoms. The summed E-state index contributed by atoms with van der Waals surface area (Å²) in [4.78, 5) is 3.17. The van der Waals surface area contributed by atoms with E-state index in [1.807, 2.05) is 30.5 Å². The minimum absolute atomic E-state index is 0.386. The highest BCUT2D eigenvalue weighted by atomic mass is 32.2. The third kappa shape index (κ3) is 3.10. The maximum atomic E-state index is 11.4. The molecule has 0 aliphatic rings. The van der Waals surface area contributed by atoms with Gasteiger partial charge in [-0.1, -0.05) is 25.1 Å². The molecule has 0 bridgehead atoms. The number of H-pyrrole nitrogens is 1. The summed E-state index contributed by atoms with van der Waals surface area (Å²) in [6.45, 7) is 2.53. The van der Waals surface area contributed by atoms with Gasteiger partial charge in [0.05, 0.1) is 0 Å². The molecular formula is C12H17N3O2S. The van der Waals surface area contributed by atoms with Gasteiger partial charge in [-0.15, -0.1) is 0 Å². The first-order chi connectivity index (χ1) is 8.62. The quantitative estimate of drug-likeness (QED) is 0.734. The number of hydrogen-bond acceptors (Lipinski definition) is 2. The van der Waals surface area contributed by atoms with Gasteiger partial charge < -0.3 is 4.98 Å². The van der Waals surface area contributed by atoms with Crippen molar-refractivity contribution in [1.29, 1.82) is 0 Å². The topological polar surface area (TPSA) is 74.0 Å².